The normalized spacial score (nSPS) is 15.4. The zero-order valence-corrected chi connectivity index (χ0v) is 10.2. The van der Waals surface area contributed by atoms with E-state index in [4.69, 9.17) is 4.74 Å². The lowest BCUT2D eigenvalue weighted by molar-refractivity contribution is -0.144. The third kappa shape index (κ3) is 3.28. The number of thiazole rings is 1. The highest BCUT2D eigenvalue weighted by Gasteiger charge is 2.31. The Morgan fingerprint density at radius 3 is 3.06 bits per heavy atom. The van der Waals surface area contributed by atoms with Crippen molar-refractivity contribution in [3.05, 3.63) is 16.6 Å². The molecule has 1 saturated carbocycles. The molecule has 4 nitrogen and oxygen atoms in total. The maximum absolute atomic E-state index is 11.4. The average molecular weight is 240 g/mol. The first kappa shape index (κ1) is 11.5. The fourth-order valence-corrected chi connectivity index (χ4v) is 2.27. The van der Waals surface area contributed by atoms with Crippen LogP contribution >= 0.6 is 11.3 Å². The second-order valence-corrected chi connectivity index (χ2v) is 4.85. The van der Waals surface area contributed by atoms with E-state index < -0.39 is 0 Å². The van der Waals surface area contributed by atoms with Crippen molar-refractivity contribution in [3.63, 3.8) is 0 Å². The van der Waals surface area contributed by atoms with Crippen LogP contribution in [-0.4, -0.2) is 35.0 Å². The van der Waals surface area contributed by atoms with Crippen LogP contribution in [0.15, 0.2) is 11.6 Å². The van der Waals surface area contributed by atoms with E-state index in [1.807, 2.05) is 12.3 Å². The van der Waals surface area contributed by atoms with Gasteiger partial charge in [0.1, 0.15) is 5.01 Å². The zero-order valence-electron chi connectivity index (χ0n) is 9.39. The maximum Gasteiger partial charge on any atom is 0.320 e. The van der Waals surface area contributed by atoms with Gasteiger partial charge in [0.05, 0.1) is 19.7 Å². The van der Waals surface area contributed by atoms with Crippen LogP contribution in [0, 0.1) is 0 Å². The number of nitrogens with zero attached hydrogens (tertiary/aromatic N) is 2. The average Bonchev–Trinajstić information content (AvgIpc) is 2.98. The number of esters is 1. The van der Waals surface area contributed by atoms with E-state index >= 15 is 0 Å². The molecule has 1 aliphatic carbocycles. The Hall–Kier alpha value is -0.940. The van der Waals surface area contributed by atoms with Crippen molar-refractivity contribution < 1.29 is 9.53 Å². The molecule has 1 aliphatic rings. The van der Waals surface area contributed by atoms with Gasteiger partial charge in [-0.05, 0) is 19.8 Å². The summed E-state index contributed by atoms with van der Waals surface area (Å²) in [5.74, 6) is -0.133. The van der Waals surface area contributed by atoms with E-state index in [2.05, 4.69) is 9.88 Å². The van der Waals surface area contributed by atoms with Crippen molar-refractivity contribution in [3.8, 4) is 0 Å². The van der Waals surface area contributed by atoms with Gasteiger partial charge in [0.25, 0.3) is 0 Å². The van der Waals surface area contributed by atoms with Gasteiger partial charge in [-0.15, -0.1) is 11.3 Å². The number of carbonyl (C=O) groups is 1. The SMILES string of the molecule is CCOC(=O)CN(Cc1nccs1)C1CC1. The van der Waals surface area contributed by atoms with Crippen molar-refractivity contribution >= 4 is 17.3 Å². The molecule has 0 spiro atoms. The first-order valence-electron chi connectivity index (χ1n) is 5.57. The lowest BCUT2D eigenvalue weighted by Crippen LogP contribution is -2.32. The molecule has 0 radical (unpaired) electrons. The number of rotatable bonds is 6. The monoisotopic (exact) mass is 240 g/mol. The van der Waals surface area contributed by atoms with Gasteiger partial charge < -0.3 is 4.74 Å². The minimum absolute atomic E-state index is 0.133. The van der Waals surface area contributed by atoms with Crippen LogP contribution in [0.5, 0.6) is 0 Å². The summed E-state index contributed by atoms with van der Waals surface area (Å²) in [6.45, 7) is 3.44. The van der Waals surface area contributed by atoms with Crippen molar-refractivity contribution in [1.29, 1.82) is 0 Å². The largest absolute Gasteiger partial charge is 0.465 e. The number of hydrogen-bond donors (Lipinski definition) is 0. The van der Waals surface area contributed by atoms with Gasteiger partial charge in [0, 0.05) is 17.6 Å². The molecule has 16 heavy (non-hydrogen) atoms. The van der Waals surface area contributed by atoms with Gasteiger partial charge >= 0.3 is 5.97 Å². The zero-order chi connectivity index (χ0) is 11.4. The van der Waals surface area contributed by atoms with E-state index in [0.29, 0.717) is 19.2 Å². The second kappa shape index (κ2) is 5.41. The van der Waals surface area contributed by atoms with E-state index in [1.165, 1.54) is 12.8 Å². The molecule has 88 valence electrons. The van der Waals surface area contributed by atoms with Crippen LogP contribution in [-0.2, 0) is 16.1 Å². The molecular formula is C11H16N2O2S. The molecule has 0 atom stereocenters. The molecule has 1 aromatic heterocycles. The lowest BCUT2D eigenvalue weighted by Gasteiger charge is -2.19. The summed E-state index contributed by atoms with van der Waals surface area (Å²) in [5, 5.41) is 3.03. The summed E-state index contributed by atoms with van der Waals surface area (Å²) < 4.78 is 4.97. The third-order valence-electron chi connectivity index (χ3n) is 2.52. The Kier molecular flexibility index (Phi) is 3.90. The Labute approximate surface area is 99.2 Å². The van der Waals surface area contributed by atoms with Gasteiger partial charge in [0.15, 0.2) is 0 Å². The van der Waals surface area contributed by atoms with Crippen LogP contribution in [0.25, 0.3) is 0 Å². The molecular weight excluding hydrogens is 224 g/mol. The summed E-state index contributed by atoms with van der Waals surface area (Å²) >= 11 is 1.63. The van der Waals surface area contributed by atoms with Gasteiger partial charge in [-0.3, -0.25) is 9.69 Å². The molecule has 2 rings (SSSR count). The minimum Gasteiger partial charge on any atom is -0.465 e. The Bertz CT molecular complexity index is 336. The highest BCUT2D eigenvalue weighted by molar-refractivity contribution is 7.09. The molecule has 0 N–H and O–H groups in total. The summed E-state index contributed by atoms with van der Waals surface area (Å²) in [6, 6.07) is 0.549. The number of aromatic nitrogens is 1. The Morgan fingerprint density at radius 1 is 1.69 bits per heavy atom. The van der Waals surface area contributed by atoms with Crippen molar-refractivity contribution in [2.75, 3.05) is 13.2 Å². The molecule has 1 aromatic rings. The Morgan fingerprint density at radius 2 is 2.50 bits per heavy atom. The highest BCUT2D eigenvalue weighted by atomic mass is 32.1. The van der Waals surface area contributed by atoms with Gasteiger partial charge in [0.2, 0.25) is 0 Å². The van der Waals surface area contributed by atoms with E-state index in [1.54, 1.807) is 17.5 Å². The van der Waals surface area contributed by atoms with E-state index in [0.717, 1.165) is 11.6 Å². The fourth-order valence-electron chi connectivity index (χ4n) is 1.63. The van der Waals surface area contributed by atoms with Crippen LogP contribution in [0.2, 0.25) is 0 Å². The fraction of sp³-hybridized carbons (Fsp3) is 0.636. The number of hydrogen-bond acceptors (Lipinski definition) is 5. The quantitative estimate of drug-likeness (QED) is 0.709. The standard InChI is InChI=1S/C11H16N2O2S/c1-2-15-11(14)8-13(9-3-4-9)7-10-12-5-6-16-10/h5-6,9H,2-4,7-8H2,1H3. The van der Waals surface area contributed by atoms with Gasteiger partial charge in [-0.25, -0.2) is 4.98 Å². The second-order valence-electron chi connectivity index (χ2n) is 3.87. The molecule has 0 amide bonds. The van der Waals surface area contributed by atoms with Crippen LogP contribution in [0.1, 0.15) is 24.8 Å². The summed E-state index contributed by atoms with van der Waals surface area (Å²) in [5.41, 5.74) is 0. The molecule has 1 heterocycles. The van der Waals surface area contributed by atoms with Crippen molar-refractivity contribution in [1.82, 2.24) is 9.88 Å². The molecule has 5 heteroatoms. The topological polar surface area (TPSA) is 42.4 Å². The first-order valence-corrected chi connectivity index (χ1v) is 6.45. The predicted octanol–water partition coefficient (Wildman–Crippen LogP) is 1.67. The van der Waals surface area contributed by atoms with E-state index in [9.17, 15) is 4.79 Å². The number of ether oxygens (including phenoxy) is 1. The molecule has 0 aromatic carbocycles. The van der Waals surface area contributed by atoms with Crippen molar-refractivity contribution in [2.24, 2.45) is 0 Å². The third-order valence-corrected chi connectivity index (χ3v) is 3.29. The van der Waals surface area contributed by atoms with Gasteiger partial charge in [-0.2, -0.15) is 0 Å². The van der Waals surface area contributed by atoms with Crippen LogP contribution in [0.4, 0.5) is 0 Å². The molecule has 0 aliphatic heterocycles. The van der Waals surface area contributed by atoms with E-state index in [-0.39, 0.29) is 5.97 Å². The number of carbonyl (C=O) groups excluding carboxylic acids is 1. The maximum atomic E-state index is 11.4. The summed E-state index contributed by atoms with van der Waals surface area (Å²) in [4.78, 5) is 17.8. The first-order chi connectivity index (χ1) is 7.79. The highest BCUT2D eigenvalue weighted by Crippen LogP contribution is 2.28. The predicted molar refractivity (Wildman–Crippen MR) is 62.2 cm³/mol. The molecule has 0 bridgehead atoms. The van der Waals surface area contributed by atoms with Crippen molar-refractivity contribution in [2.45, 2.75) is 32.4 Å². The van der Waals surface area contributed by atoms with Crippen LogP contribution < -0.4 is 0 Å². The smallest absolute Gasteiger partial charge is 0.320 e. The lowest BCUT2D eigenvalue weighted by atomic mass is 10.4. The van der Waals surface area contributed by atoms with Gasteiger partial charge in [-0.1, -0.05) is 0 Å². The Balaban J connectivity index is 1.87. The summed E-state index contributed by atoms with van der Waals surface area (Å²) in [6.07, 6.45) is 4.17. The molecule has 0 saturated heterocycles. The molecule has 0 unspecified atom stereocenters. The summed E-state index contributed by atoms with van der Waals surface area (Å²) in [7, 11) is 0. The minimum atomic E-state index is -0.133. The molecule has 1 fully saturated rings. The van der Waals surface area contributed by atoms with Crippen LogP contribution in [0.3, 0.4) is 0 Å².